The van der Waals surface area contributed by atoms with E-state index in [0.717, 1.165) is 5.69 Å². The first-order valence-corrected chi connectivity index (χ1v) is 6.56. The van der Waals surface area contributed by atoms with Crippen LogP contribution in [0.2, 0.25) is 0 Å². The van der Waals surface area contributed by atoms with Crippen molar-refractivity contribution in [1.82, 2.24) is 0 Å². The van der Waals surface area contributed by atoms with Crippen LogP contribution in [0.25, 0.3) is 0 Å². The van der Waals surface area contributed by atoms with Crippen LogP contribution in [-0.4, -0.2) is 19.1 Å². The number of nitrogens with one attached hydrogen (secondary N) is 2. The average molecular weight is 288 g/mol. The van der Waals surface area contributed by atoms with Crippen molar-refractivity contribution >= 4 is 17.3 Å². The summed E-state index contributed by atoms with van der Waals surface area (Å²) < 4.78 is 18.3. The number of methoxy groups -OCH3 is 1. The number of para-hydroxylation sites is 2. The summed E-state index contributed by atoms with van der Waals surface area (Å²) >= 11 is 0. The Kier molecular flexibility index (Phi) is 4.77. The van der Waals surface area contributed by atoms with Crippen LogP contribution in [0.15, 0.2) is 48.5 Å². The van der Waals surface area contributed by atoms with Crippen molar-refractivity contribution in [3.63, 3.8) is 0 Å². The van der Waals surface area contributed by atoms with Gasteiger partial charge in [-0.05, 0) is 37.3 Å². The summed E-state index contributed by atoms with van der Waals surface area (Å²) in [6.45, 7) is 1.72. The van der Waals surface area contributed by atoms with Crippen molar-refractivity contribution in [3.8, 4) is 5.75 Å². The minimum Gasteiger partial charge on any atom is -0.495 e. The molecule has 1 amide bonds. The van der Waals surface area contributed by atoms with Crippen molar-refractivity contribution in [2.75, 3.05) is 17.7 Å². The summed E-state index contributed by atoms with van der Waals surface area (Å²) in [5.41, 5.74) is 1.15. The Morgan fingerprint density at radius 3 is 2.67 bits per heavy atom. The van der Waals surface area contributed by atoms with Gasteiger partial charge >= 0.3 is 0 Å². The second kappa shape index (κ2) is 6.74. The normalized spacial score (nSPS) is 11.6. The third kappa shape index (κ3) is 3.95. The Morgan fingerprint density at radius 1 is 1.19 bits per heavy atom. The predicted octanol–water partition coefficient (Wildman–Crippen LogP) is 3.27. The Hall–Kier alpha value is -2.56. The van der Waals surface area contributed by atoms with Gasteiger partial charge < -0.3 is 15.4 Å². The Bertz CT molecular complexity index is 631. The third-order valence-electron chi connectivity index (χ3n) is 2.96. The van der Waals surface area contributed by atoms with Crippen LogP contribution >= 0.6 is 0 Å². The molecule has 0 aromatic heterocycles. The third-order valence-corrected chi connectivity index (χ3v) is 2.96. The summed E-state index contributed by atoms with van der Waals surface area (Å²) in [5, 5.41) is 5.72. The number of amides is 1. The quantitative estimate of drug-likeness (QED) is 0.887. The van der Waals surface area contributed by atoms with Crippen LogP contribution in [0.4, 0.5) is 15.8 Å². The molecule has 0 unspecified atom stereocenters. The van der Waals surface area contributed by atoms with Gasteiger partial charge in [0, 0.05) is 5.69 Å². The van der Waals surface area contributed by atoms with Crippen molar-refractivity contribution in [3.05, 3.63) is 54.3 Å². The van der Waals surface area contributed by atoms with Crippen molar-refractivity contribution in [2.45, 2.75) is 13.0 Å². The van der Waals surface area contributed by atoms with E-state index in [4.69, 9.17) is 4.74 Å². The van der Waals surface area contributed by atoms with E-state index in [0.29, 0.717) is 11.4 Å². The lowest BCUT2D eigenvalue weighted by Crippen LogP contribution is -2.32. The van der Waals surface area contributed by atoms with Gasteiger partial charge in [-0.15, -0.1) is 0 Å². The molecule has 0 saturated carbocycles. The molecule has 2 aromatic rings. The Labute approximate surface area is 122 Å². The molecule has 4 nitrogen and oxygen atoms in total. The molecule has 2 N–H and O–H groups in total. The second-order valence-electron chi connectivity index (χ2n) is 4.57. The van der Waals surface area contributed by atoms with Crippen molar-refractivity contribution in [1.29, 1.82) is 0 Å². The Morgan fingerprint density at radius 2 is 1.95 bits per heavy atom. The fourth-order valence-electron chi connectivity index (χ4n) is 1.88. The maximum absolute atomic E-state index is 13.1. The van der Waals surface area contributed by atoms with Crippen LogP contribution < -0.4 is 15.4 Å². The molecule has 0 bridgehead atoms. The lowest BCUT2D eigenvalue weighted by atomic mass is 10.2. The van der Waals surface area contributed by atoms with Gasteiger partial charge in [0.25, 0.3) is 0 Å². The van der Waals surface area contributed by atoms with Gasteiger partial charge in [0.2, 0.25) is 5.91 Å². The van der Waals surface area contributed by atoms with E-state index in [9.17, 15) is 9.18 Å². The van der Waals surface area contributed by atoms with Crippen LogP contribution in [0.5, 0.6) is 5.75 Å². The summed E-state index contributed by atoms with van der Waals surface area (Å²) in [6.07, 6.45) is 0. The van der Waals surface area contributed by atoms with Gasteiger partial charge in [0.05, 0.1) is 12.8 Å². The largest absolute Gasteiger partial charge is 0.495 e. The van der Waals surface area contributed by atoms with Crippen LogP contribution in [0.1, 0.15) is 6.92 Å². The molecule has 0 aliphatic carbocycles. The van der Waals surface area contributed by atoms with Gasteiger partial charge in [-0.25, -0.2) is 4.39 Å². The summed E-state index contributed by atoms with van der Waals surface area (Å²) in [6, 6.07) is 12.6. The van der Waals surface area contributed by atoms with Crippen molar-refractivity contribution < 1.29 is 13.9 Å². The molecular formula is C16H17FN2O2. The van der Waals surface area contributed by atoms with Gasteiger partial charge in [-0.2, -0.15) is 0 Å². The minimum absolute atomic E-state index is 0.258. The molecule has 0 fully saturated rings. The fraction of sp³-hybridized carbons (Fsp3) is 0.188. The number of halogens is 1. The van der Waals surface area contributed by atoms with Gasteiger partial charge in [0.1, 0.15) is 17.6 Å². The van der Waals surface area contributed by atoms with E-state index >= 15 is 0 Å². The SMILES string of the molecule is COc1ccccc1N[C@@H](C)C(=O)Nc1cccc(F)c1. The summed E-state index contributed by atoms with van der Waals surface area (Å²) in [7, 11) is 1.57. The van der Waals surface area contributed by atoms with Crippen LogP contribution in [0.3, 0.4) is 0 Å². The molecule has 0 aliphatic heterocycles. The standard InChI is InChI=1S/C16H17FN2O2/c1-11(18-14-8-3-4-9-15(14)21-2)16(20)19-13-7-5-6-12(17)10-13/h3-11,18H,1-2H3,(H,19,20)/t11-/m0/s1. The first-order chi connectivity index (χ1) is 10.1. The van der Waals surface area contributed by atoms with Gasteiger partial charge in [-0.3, -0.25) is 4.79 Å². The zero-order valence-electron chi connectivity index (χ0n) is 11.9. The molecule has 2 rings (SSSR count). The molecule has 0 spiro atoms. The molecule has 1 atom stereocenters. The number of benzene rings is 2. The van der Waals surface area contributed by atoms with Crippen LogP contribution in [-0.2, 0) is 4.79 Å². The zero-order valence-corrected chi connectivity index (χ0v) is 11.9. The van der Waals surface area contributed by atoms with Crippen molar-refractivity contribution in [2.24, 2.45) is 0 Å². The monoisotopic (exact) mass is 288 g/mol. The lowest BCUT2D eigenvalue weighted by Gasteiger charge is -2.17. The maximum atomic E-state index is 13.1. The zero-order chi connectivity index (χ0) is 15.2. The van der Waals surface area contributed by atoms with Crippen LogP contribution in [0, 0.1) is 5.82 Å². The highest BCUT2D eigenvalue weighted by molar-refractivity contribution is 5.96. The highest BCUT2D eigenvalue weighted by Gasteiger charge is 2.14. The maximum Gasteiger partial charge on any atom is 0.246 e. The highest BCUT2D eigenvalue weighted by atomic mass is 19.1. The lowest BCUT2D eigenvalue weighted by molar-refractivity contribution is -0.116. The summed E-state index contributed by atoms with van der Waals surface area (Å²) in [4.78, 5) is 12.1. The predicted molar refractivity (Wildman–Crippen MR) is 81.1 cm³/mol. The number of ether oxygens (including phenoxy) is 1. The minimum atomic E-state index is -0.496. The molecule has 0 heterocycles. The van der Waals surface area contributed by atoms with E-state index in [-0.39, 0.29) is 5.91 Å². The van der Waals surface area contributed by atoms with Gasteiger partial charge in [-0.1, -0.05) is 18.2 Å². The average Bonchev–Trinajstić information content (AvgIpc) is 2.47. The van der Waals surface area contributed by atoms with E-state index < -0.39 is 11.9 Å². The summed E-state index contributed by atoms with van der Waals surface area (Å²) in [5.74, 6) is 0.00699. The number of anilines is 2. The second-order valence-corrected chi connectivity index (χ2v) is 4.57. The molecule has 110 valence electrons. The fourth-order valence-corrected chi connectivity index (χ4v) is 1.88. The number of hydrogen-bond donors (Lipinski definition) is 2. The molecule has 5 heteroatoms. The molecule has 21 heavy (non-hydrogen) atoms. The first kappa shape index (κ1) is 14.8. The van der Waals surface area contributed by atoms with Gasteiger partial charge in [0.15, 0.2) is 0 Å². The topological polar surface area (TPSA) is 50.4 Å². The molecule has 0 radical (unpaired) electrons. The van der Waals surface area contributed by atoms with E-state index in [1.807, 2.05) is 18.2 Å². The number of hydrogen-bond acceptors (Lipinski definition) is 3. The number of carbonyl (C=O) groups is 1. The van der Waals surface area contributed by atoms with E-state index in [1.54, 1.807) is 32.2 Å². The molecule has 0 aliphatic rings. The smallest absolute Gasteiger partial charge is 0.246 e. The molecule has 2 aromatic carbocycles. The number of rotatable bonds is 5. The number of carbonyl (C=O) groups excluding carboxylic acids is 1. The first-order valence-electron chi connectivity index (χ1n) is 6.56. The van der Waals surface area contributed by atoms with E-state index in [2.05, 4.69) is 10.6 Å². The molecule has 0 saturated heterocycles. The molecular weight excluding hydrogens is 271 g/mol. The highest BCUT2D eigenvalue weighted by Crippen LogP contribution is 2.23. The van der Waals surface area contributed by atoms with E-state index in [1.165, 1.54) is 12.1 Å². The Balaban J connectivity index is 2.02.